The average Bonchev–Trinajstić information content (AvgIpc) is 3.12. The van der Waals surface area contributed by atoms with Gasteiger partial charge in [-0.15, -0.1) is 0 Å². The molecular formula is C19H18N6O3. The Hall–Kier alpha value is -3.80. The maximum Gasteiger partial charge on any atom is 0.328 e. The van der Waals surface area contributed by atoms with E-state index in [1.807, 2.05) is 6.07 Å². The highest BCUT2D eigenvalue weighted by Crippen LogP contribution is 2.19. The van der Waals surface area contributed by atoms with Crippen LogP contribution in [-0.4, -0.2) is 46.7 Å². The molecule has 2 aromatic heterocycles. The first-order chi connectivity index (χ1) is 13.5. The molecule has 142 valence electrons. The van der Waals surface area contributed by atoms with Crippen molar-refractivity contribution in [3.8, 4) is 6.07 Å². The van der Waals surface area contributed by atoms with Crippen molar-refractivity contribution in [2.45, 2.75) is 19.4 Å². The highest BCUT2D eigenvalue weighted by Gasteiger charge is 2.22. The van der Waals surface area contributed by atoms with E-state index in [-0.39, 0.29) is 23.2 Å². The number of carbonyl (C=O) groups excluding carboxylic acids is 3. The number of aromatic nitrogens is 2. The van der Waals surface area contributed by atoms with Crippen LogP contribution in [0.2, 0.25) is 0 Å². The van der Waals surface area contributed by atoms with Gasteiger partial charge in [0.05, 0.1) is 5.56 Å². The topological polar surface area (TPSA) is 119 Å². The van der Waals surface area contributed by atoms with Crippen molar-refractivity contribution in [3.63, 3.8) is 0 Å². The third-order valence-corrected chi connectivity index (χ3v) is 4.42. The van der Waals surface area contributed by atoms with Crippen molar-refractivity contribution in [1.82, 2.24) is 14.9 Å². The Bertz CT molecular complexity index is 951. The highest BCUT2D eigenvalue weighted by molar-refractivity contribution is 6.00. The van der Waals surface area contributed by atoms with E-state index in [4.69, 9.17) is 5.26 Å². The van der Waals surface area contributed by atoms with Crippen molar-refractivity contribution in [2.24, 2.45) is 0 Å². The molecule has 0 spiro atoms. The van der Waals surface area contributed by atoms with Gasteiger partial charge in [0.25, 0.3) is 0 Å². The standard InChI is InChI=1S/C19H18N6O3/c1-24(19(28)23-16-6-4-13(9-20)10-21-16)17-7-5-14(15(12-26)22-17)11-25-8-2-3-18(25)27/h4-7,10,12H,2-3,8,11H2,1H3,(H,21,23,28). The molecule has 3 amide bonds. The number of anilines is 2. The number of hydrogen-bond acceptors (Lipinski definition) is 6. The van der Waals surface area contributed by atoms with Crippen molar-refractivity contribution < 1.29 is 14.4 Å². The molecule has 2 aromatic rings. The summed E-state index contributed by atoms with van der Waals surface area (Å²) in [5.41, 5.74) is 1.21. The van der Waals surface area contributed by atoms with Crippen molar-refractivity contribution in [1.29, 1.82) is 5.26 Å². The molecule has 1 saturated heterocycles. The molecule has 3 rings (SSSR count). The van der Waals surface area contributed by atoms with Crippen molar-refractivity contribution >= 4 is 29.9 Å². The number of pyridine rings is 2. The second-order valence-electron chi connectivity index (χ2n) is 6.28. The van der Waals surface area contributed by atoms with Crippen molar-refractivity contribution in [2.75, 3.05) is 23.8 Å². The monoisotopic (exact) mass is 378 g/mol. The summed E-state index contributed by atoms with van der Waals surface area (Å²) in [7, 11) is 1.51. The summed E-state index contributed by atoms with van der Waals surface area (Å²) >= 11 is 0. The van der Waals surface area contributed by atoms with E-state index >= 15 is 0 Å². The number of likely N-dealkylation sites (tertiary alicyclic amines) is 1. The molecule has 1 N–H and O–H groups in total. The second-order valence-corrected chi connectivity index (χ2v) is 6.28. The van der Waals surface area contributed by atoms with Crippen LogP contribution < -0.4 is 10.2 Å². The number of nitrogens with one attached hydrogen (secondary N) is 1. The van der Waals surface area contributed by atoms with E-state index in [2.05, 4.69) is 15.3 Å². The number of rotatable bonds is 5. The summed E-state index contributed by atoms with van der Waals surface area (Å²) in [6.45, 7) is 0.990. The number of urea groups is 1. The molecular weight excluding hydrogens is 360 g/mol. The Morgan fingerprint density at radius 3 is 2.82 bits per heavy atom. The summed E-state index contributed by atoms with van der Waals surface area (Å²) in [6.07, 6.45) is 3.31. The molecule has 0 bridgehead atoms. The Morgan fingerprint density at radius 2 is 2.21 bits per heavy atom. The van der Waals surface area contributed by atoms with E-state index in [9.17, 15) is 14.4 Å². The largest absolute Gasteiger partial charge is 0.338 e. The van der Waals surface area contributed by atoms with E-state index in [1.54, 1.807) is 23.1 Å². The van der Waals surface area contributed by atoms with Gasteiger partial charge in [0, 0.05) is 38.3 Å². The van der Waals surface area contributed by atoms with Crippen LogP contribution in [0.15, 0.2) is 30.5 Å². The zero-order valence-corrected chi connectivity index (χ0v) is 15.3. The Kier molecular flexibility index (Phi) is 5.60. The highest BCUT2D eigenvalue weighted by atomic mass is 16.2. The normalized spacial score (nSPS) is 13.1. The van der Waals surface area contributed by atoms with Crippen molar-refractivity contribution in [3.05, 3.63) is 47.3 Å². The van der Waals surface area contributed by atoms with Gasteiger partial charge in [-0.1, -0.05) is 6.07 Å². The Labute approximate surface area is 161 Å². The lowest BCUT2D eigenvalue weighted by atomic mass is 10.2. The predicted octanol–water partition coefficient (Wildman–Crippen LogP) is 1.95. The molecule has 0 radical (unpaired) electrons. The number of nitrogens with zero attached hydrogens (tertiary/aromatic N) is 5. The lowest BCUT2D eigenvalue weighted by Gasteiger charge is -2.20. The van der Waals surface area contributed by atoms with Gasteiger partial charge in [-0.2, -0.15) is 5.26 Å². The van der Waals surface area contributed by atoms with Crippen LogP contribution in [0.1, 0.15) is 34.5 Å². The molecule has 9 heteroatoms. The minimum Gasteiger partial charge on any atom is -0.338 e. The average molecular weight is 378 g/mol. The summed E-state index contributed by atoms with van der Waals surface area (Å²) in [4.78, 5) is 46.8. The Balaban J connectivity index is 1.72. The summed E-state index contributed by atoms with van der Waals surface area (Å²) in [6, 6.07) is 7.83. The zero-order valence-electron chi connectivity index (χ0n) is 15.3. The smallest absolute Gasteiger partial charge is 0.328 e. The fourth-order valence-electron chi connectivity index (χ4n) is 2.82. The van der Waals surface area contributed by atoms with E-state index in [1.165, 1.54) is 24.2 Å². The van der Waals surface area contributed by atoms with Gasteiger partial charge in [0.2, 0.25) is 5.91 Å². The summed E-state index contributed by atoms with van der Waals surface area (Å²) in [5.74, 6) is 0.632. The molecule has 0 saturated carbocycles. The van der Waals surface area contributed by atoms with E-state index in [0.29, 0.717) is 36.9 Å². The van der Waals surface area contributed by atoms with Gasteiger partial charge in [0.1, 0.15) is 23.4 Å². The van der Waals surface area contributed by atoms with Gasteiger partial charge < -0.3 is 4.90 Å². The third-order valence-electron chi connectivity index (χ3n) is 4.42. The number of carbonyl (C=O) groups is 3. The maximum absolute atomic E-state index is 12.4. The lowest BCUT2D eigenvalue weighted by Crippen LogP contribution is -2.32. The SMILES string of the molecule is CN(C(=O)Nc1ccc(C#N)cn1)c1ccc(CN2CCCC2=O)c(C=O)n1. The van der Waals surface area contributed by atoms with Crippen LogP contribution in [0, 0.1) is 11.3 Å². The lowest BCUT2D eigenvalue weighted by molar-refractivity contribution is -0.128. The van der Waals surface area contributed by atoms with Crippen LogP contribution in [0.3, 0.4) is 0 Å². The van der Waals surface area contributed by atoms with Gasteiger partial charge >= 0.3 is 6.03 Å². The molecule has 0 aliphatic carbocycles. The molecule has 1 fully saturated rings. The first kappa shape index (κ1) is 19.0. The molecule has 0 atom stereocenters. The molecule has 0 unspecified atom stereocenters. The second kappa shape index (κ2) is 8.26. The van der Waals surface area contributed by atoms with Gasteiger partial charge in [-0.05, 0) is 24.6 Å². The predicted molar refractivity (Wildman–Crippen MR) is 101 cm³/mol. The fourth-order valence-corrected chi connectivity index (χ4v) is 2.82. The minimum absolute atomic E-state index is 0.0623. The van der Waals surface area contributed by atoms with Crippen LogP contribution in [-0.2, 0) is 11.3 Å². The number of nitriles is 1. The number of aldehydes is 1. The fraction of sp³-hybridized carbons (Fsp3) is 0.263. The number of amides is 3. The minimum atomic E-state index is -0.496. The maximum atomic E-state index is 12.4. The van der Waals surface area contributed by atoms with Crippen LogP contribution in [0.5, 0.6) is 0 Å². The third kappa shape index (κ3) is 4.12. The first-order valence-electron chi connectivity index (χ1n) is 8.65. The van der Waals surface area contributed by atoms with Gasteiger partial charge in [-0.25, -0.2) is 14.8 Å². The summed E-state index contributed by atoms with van der Waals surface area (Å²) < 4.78 is 0. The summed E-state index contributed by atoms with van der Waals surface area (Å²) in [5, 5.41) is 11.4. The van der Waals surface area contributed by atoms with Crippen LogP contribution in [0.25, 0.3) is 0 Å². The number of hydrogen-bond donors (Lipinski definition) is 1. The molecule has 0 aromatic carbocycles. The molecule has 1 aliphatic heterocycles. The van der Waals surface area contributed by atoms with Gasteiger partial charge in [-0.3, -0.25) is 19.8 Å². The van der Waals surface area contributed by atoms with E-state index in [0.717, 1.165) is 6.42 Å². The molecule has 3 heterocycles. The van der Waals surface area contributed by atoms with Gasteiger partial charge in [0.15, 0.2) is 6.29 Å². The molecule has 1 aliphatic rings. The molecule has 28 heavy (non-hydrogen) atoms. The quantitative estimate of drug-likeness (QED) is 0.794. The van der Waals surface area contributed by atoms with Crippen LogP contribution >= 0.6 is 0 Å². The molecule has 9 nitrogen and oxygen atoms in total. The first-order valence-corrected chi connectivity index (χ1v) is 8.65. The van der Waals surface area contributed by atoms with Crippen LogP contribution in [0.4, 0.5) is 16.4 Å². The Morgan fingerprint density at radius 1 is 1.39 bits per heavy atom. The zero-order chi connectivity index (χ0) is 20.1. The van der Waals surface area contributed by atoms with E-state index < -0.39 is 6.03 Å².